The average molecular weight is 274 g/mol. The molecule has 0 aliphatic heterocycles. The molecule has 0 aromatic carbocycles. The molecule has 18 heavy (non-hydrogen) atoms. The van der Waals surface area contributed by atoms with Gasteiger partial charge in [0.05, 0.1) is 0 Å². The predicted octanol–water partition coefficient (Wildman–Crippen LogP) is 1.75. The van der Waals surface area contributed by atoms with Gasteiger partial charge in [-0.25, -0.2) is 0 Å². The monoisotopic (exact) mass is 274 g/mol. The fraction of sp³-hybridized carbons (Fsp3) is 0.846. The Bertz CT molecular complexity index is 309. The van der Waals surface area contributed by atoms with Crippen LogP contribution in [0.5, 0.6) is 0 Å². The van der Waals surface area contributed by atoms with Gasteiger partial charge in [0.2, 0.25) is 11.8 Å². The number of hydrogen-bond acceptors (Lipinski definition) is 3. The maximum Gasteiger partial charge on any atom is 0.243 e. The summed E-state index contributed by atoms with van der Waals surface area (Å²) in [5.41, 5.74) is -0.184. The predicted molar refractivity (Wildman–Crippen MR) is 77.8 cm³/mol. The summed E-state index contributed by atoms with van der Waals surface area (Å²) >= 11 is 4.09. The first-order valence-corrected chi connectivity index (χ1v) is 6.80. The van der Waals surface area contributed by atoms with E-state index in [4.69, 9.17) is 0 Å². The molecule has 2 N–H and O–H groups in total. The standard InChI is InChI=1S/C13H26N2O2S/c1-9(16)14-10(7-18)11(17)15-13(5,6)8-12(2,3)4/h10,18H,7-8H2,1-6H3,(H,14,16)(H,15,17). The van der Waals surface area contributed by atoms with Gasteiger partial charge in [-0.1, -0.05) is 20.8 Å². The van der Waals surface area contributed by atoms with Crippen molar-refractivity contribution in [3.05, 3.63) is 0 Å². The molecule has 0 saturated heterocycles. The normalized spacial score (nSPS) is 13.9. The van der Waals surface area contributed by atoms with Gasteiger partial charge in [0.1, 0.15) is 6.04 Å². The fourth-order valence-corrected chi connectivity index (χ4v) is 2.49. The number of thiol groups is 1. The molecule has 1 unspecified atom stereocenters. The van der Waals surface area contributed by atoms with E-state index in [1.165, 1.54) is 6.92 Å². The van der Waals surface area contributed by atoms with Crippen molar-refractivity contribution < 1.29 is 9.59 Å². The van der Waals surface area contributed by atoms with Crippen molar-refractivity contribution in [2.75, 3.05) is 5.75 Å². The van der Waals surface area contributed by atoms with Crippen LogP contribution in [0.25, 0.3) is 0 Å². The van der Waals surface area contributed by atoms with Gasteiger partial charge in [0.25, 0.3) is 0 Å². The van der Waals surface area contributed by atoms with Crippen molar-refractivity contribution in [1.29, 1.82) is 0 Å². The van der Waals surface area contributed by atoms with Gasteiger partial charge in [0, 0.05) is 18.2 Å². The van der Waals surface area contributed by atoms with E-state index in [1.54, 1.807) is 0 Å². The number of nitrogens with one attached hydrogen (secondary N) is 2. The molecule has 0 saturated carbocycles. The zero-order valence-electron chi connectivity index (χ0n) is 12.3. The zero-order valence-corrected chi connectivity index (χ0v) is 13.1. The highest BCUT2D eigenvalue weighted by Crippen LogP contribution is 2.26. The summed E-state index contributed by atoms with van der Waals surface area (Å²) in [4.78, 5) is 23.0. The molecule has 0 heterocycles. The molecule has 0 fully saturated rings. The van der Waals surface area contributed by atoms with Crippen molar-refractivity contribution >= 4 is 24.4 Å². The van der Waals surface area contributed by atoms with Crippen LogP contribution >= 0.6 is 12.6 Å². The minimum absolute atomic E-state index is 0.126. The lowest BCUT2D eigenvalue weighted by Crippen LogP contribution is -2.54. The third-order valence-electron chi connectivity index (χ3n) is 2.31. The highest BCUT2D eigenvalue weighted by Gasteiger charge is 2.29. The third kappa shape index (κ3) is 7.58. The molecular formula is C13H26N2O2S. The Balaban J connectivity index is 4.57. The van der Waals surface area contributed by atoms with E-state index in [0.29, 0.717) is 0 Å². The second-order valence-corrected chi connectivity index (χ2v) is 6.91. The molecule has 0 rings (SSSR count). The topological polar surface area (TPSA) is 58.2 Å². The number of amides is 2. The van der Waals surface area contributed by atoms with Crippen LogP contribution in [0.2, 0.25) is 0 Å². The molecule has 1 atom stereocenters. The molecule has 0 bridgehead atoms. The number of carbonyl (C=O) groups excluding carboxylic acids is 2. The van der Waals surface area contributed by atoms with E-state index < -0.39 is 6.04 Å². The van der Waals surface area contributed by atoms with Crippen molar-refractivity contribution in [3.8, 4) is 0 Å². The molecule has 5 heteroatoms. The van der Waals surface area contributed by atoms with Crippen molar-refractivity contribution in [1.82, 2.24) is 10.6 Å². The van der Waals surface area contributed by atoms with Crippen LogP contribution in [0.1, 0.15) is 48.0 Å². The lowest BCUT2D eigenvalue weighted by Gasteiger charge is -2.34. The molecule has 106 valence electrons. The van der Waals surface area contributed by atoms with Gasteiger partial charge in [-0.15, -0.1) is 0 Å². The van der Waals surface area contributed by atoms with E-state index in [0.717, 1.165) is 6.42 Å². The Morgan fingerprint density at radius 2 is 1.67 bits per heavy atom. The Hall–Kier alpha value is -0.710. The van der Waals surface area contributed by atoms with E-state index in [9.17, 15) is 9.59 Å². The van der Waals surface area contributed by atoms with E-state index in [1.807, 2.05) is 13.8 Å². The number of hydrogen-bond donors (Lipinski definition) is 3. The van der Waals surface area contributed by atoms with Gasteiger partial charge >= 0.3 is 0 Å². The molecule has 4 nitrogen and oxygen atoms in total. The van der Waals surface area contributed by atoms with Crippen LogP contribution in [0.15, 0.2) is 0 Å². The van der Waals surface area contributed by atoms with Gasteiger partial charge in [-0.3, -0.25) is 9.59 Å². The number of carbonyl (C=O) groups is 2. The third-order valence-corrected chi connectivity index (χ3v) is 2.68. The zero-order chi connectivity index (χ0) is 14.6. The molecular weight excluding hydrogens is 248 g/mol. The van der Waals surface area contributed by atoms with E-state index in [2.05, 4.69) is 44.0 Å². The molecule has 0 aromatic rings. The summed E-state index contributed by atoms with van der Waals surface area (Å²) in [5, 5.41) is 5.55. The maximum absolute atomic E-state index is 12.0. The molecule has 0 aliphatic carbocycles. The van der Waals surface area contributed by atoms with Gasteiger partial charge in [-0.05, 0) is 25.7 Å². The highest BCUT2D eigenvalue weighted by atomic mass is 32.1. The molecule has 0 radical (unpaired) electrons. The van der Waals surface area contributed by atoms with Gasteiger partial charge in [0.15, 0.2) is 0 Å². The van der Waals surface area contributed by atoms with Crippen molar-refractivity contribution in [2.45, 2.75) is 59.5 Å². The summed E-state index contributed by atoms with van der Waals surface area (Å²) < 4.78 is 0. The van der Waals surface area contributed by atoms with E-state index in [-0.39, 0.29) is 28.5 Å². The van der Waals surface area contributed by atoms with E-state index >= 15 is 0 Å². The molecule has 0 spiro atoms. The largest absolute Gasteiger partial charge is 0.349 e. The smallest absolute Gasteiger partial charge is 0.243 e. The number of rotatable bonds is 5. The molecule has 0 aliphatic rings. The fourth-order valence-electron chi connectivity index (χ4n) is 2.23. The molecule has 0 aromatic heterocycles. The lowest BCUT2D eigenvalue weighted by atomic mass is 9.81. The lowest BCUT2D eigenvalue weighted by molar-refractivity contribution is -0.128. The van der Waals surface area contributed by atoms with Crippen molar-refractivity contribution in [3.63, 3.8) is 0 Å². The summed E-state index contributed by atoms with van der Waals surface area (Å²) in [7, 11) is 0. The summed E-state index contributed by atoms with van der Waals surface area (Å²) in [6.45, 7) is 11.8. The van der Waals surface area contributed by atoms with Crippen LogP contribution in [0.3, 0.4) is 0 Å². The van der Waals surface area contributed by atoms with Crippen LogP contribution in [0, 0.1) is 5.41 Å². The summed E-state index contributed by atoms with van der Waals surface area (Å²) in [6.07, 6.45) is 0.852. The van der Waals surface area contributed by atoms with Crippen LogP contribution in [-0.4, -0.2) is 29.1 Å². The summed E-state index contributed by atoms with van der Waals surface area (Å²) in [5.74, 6) is -0.121. The molecule has 2 amide bonds. The van der Waals surface area contributed by atoms with Crippen LogP contribution in [0.4, 0.5) is 0 Å². The Morgan fingerprint density at radius 1 is 1.17 bits per heavy atom. The highest BCUT2D eigenvalue weighted by molar-refractivity contribution is 7.80. The minimum atomic E-state index is -0.579. The SMILES string of the molecule is CC(=O)NC(CS)C(=O)NC(C)(C)CC(C)(C)C. The Labute approximate surface area is 116 Å². The quantitative estimate of drug-likeness (QED) is 0.669. The second kappa shape index (κ2) is 6.45. The second-order valence-electron chi connectivity index (χ2n) is 6.55. The first-order valence-electron chi connectivity index (χ1n) is 6.17. The van der Waals surface area contributed by atoms with Gasteiger partial charge in [-0.2, -0.15) is 12.6 Å². The average Bonchev–Trinajstić information content (AvgIpc) is 2.08. The maximum atomic E-state index is 12.0. The van der Waals surface area contributed by atoms with Gasteiger partial charge < -0.3 is 10.6 Å². The Morgan fingerprint density at radius 3 is 2.00 bits per heavy atom. The van der Waals surface area contributed by atoms with Crippen LogP contribution in [-0.2, 0) is 9.59 Å². The Kier molecular flexibility index (Phi) is 6.20. The van der Waals surface area contributed by atoms with Crippen molar-refractivity contribution in [2.24, 2.45) is 5.41 Å². The minimum Gasteiger partial charge on any atom is -0.349 e. The first-order chi connectivity index (χ1) is 7.97. The summed E-state index contributed by atoms with van der Waals surface area (Å²) in [6, 6.07) is -0.579. The first kappa shape index (κ1) is 17.3. The van der Waals surface area contributed by atoms with Crippen LogP contribution < -0.4 is 10.6 Å².